The Kier molecular flexibility index (Phi) is 9.70. The van der Waals surface area contributed by atoms with Gasteiger partial charge < -0.3 is 10.4 Å². The van der Waals surface area contributed by atoms with Gasteiger partial charge in [-0.05, 0) is 43.0 Å². The van der Waals surface area contributed by atoms with Crippen molar-refractivity contribution in [3.63, 3.8) is 0 Å². The highest BCUT2D eigenvalue weighted by Gasteiger charge is 2.31. The van der Waals surface area contributed by atoms with E-state index in [0.717, 1.165) is 30.5 Å². The molecule has 212 valence electrons. The van der Waals surface area contributed by atoms with E-state index >= 15 is 0 Å². The second kappa shape index (κ2) is 14.2. The van der Waals surface area contributed by atoms with Crippen molar-refractivity contribution < 1.29 is 14.7 Å². The first-order valence-corrected chi connectivity index (χ1v) is 14.3. The normalized spacial score (nSPS) is 16.4. The van der Waals surface area contributed by atoms with Gasteiger partial charge in [-0.15, -0.1) is 0 Å². The number of hydrogen-bond donors (Lipinski definition) is 2. The molecule has 1 aliphatic rings. The molecule has 0 unspecified atom stereocenters. The Balaban J connectivity index is 1.42. The summed E-state index contributed by atoms with van der Waals surface area (Å²) in [6.07, 6.45) is 5.72. The van der Waals surface area contributed by atoms with Crippen LogP contribution in [0.3, 0.4) is 0 Å². The van der Waals surface area contributed by atoms with Crippen LogP contribution in [-0.4, -0.2) is 46.2 Å². The lowest BCUT2D eigenvalue weighted by Crippen LogP contribution is -2.39. The summed E-state index contributed by atoms with van der Waals surface area (Å²) in [6, 6.07) is 35.7. The Morgan fingerprint density at radius 3 is 2.24 bits per heavy atom. The molecular weight excluding hydrogens is 522 g/mol. The summed E-state index contributed by atoms with van der Waals surface area (Å²) in [6.45, 7) is 1.58. The number of hydrogen-bond acceptors (Lipinski definition) is 4. The molecule has 0 aliphatic carbocycles. The van der Waals surface area contributed by atoms with Gasteiger partial charge in [0.1, 0.15) is 0 Å². The third kappa shape index (κ3) is 7.47. The van der Waals surface area contributed by atoms with Gasteiger partial charge in [-0.1, -0.05) is 121 Å². The smallest absolute Gasteiger partial charge is 0.328 e. The Labute approximate surface area is 247 Å². The molecule has 0 saturated carbocycles. The monoisotopic (exact) mass is 557 g/mol. The van der Waals surface area contributed by atoms with Crippen molar-refractivity contribution in [2.45, 2.75) is 37.9 Å². The first-order chi connectivity index (χ1) is 20.6. The summed E-state index contributed by atoms with van der Waals surface area (Å²) in [4.78, 5) is 33.0. The first kappa shape index (κ1) is 28.7. The van der Waals surface area contributed by atoms with Crippen molar-refractivity contribution in [2.75, 3.05) is 11.9 Å². The number of carbonyl (C=O) groups excluding carboxylic acids is 1. The molecule has 0 bridgehead atoms. The lowest BCUT2D eigenvalue weighted by molar-refractivity contribution is -0.138. The van der Waals surface area contributed by atoms with E-state index in [0.29, 0.717) is 23.5 Å². The fraction of sp³-hybridized carbons (Fsp3) is 0.194. The zero-order valence-corrected chi connectivity index (χ0v) is 23.5. The lowest BCUT2D eigenvalue weighted by atomic mass is 9.99. The zero-order valence-electron chi connectivity index (χ0n) is 23.5. The van der Waals surface area contributed by atoms with Crippen LogP contribution in [0.4, 0.5) is 5.69 Å². The number of carbonyl (C=O) groups is 2. The number of likely N-dealkylation sites (tertiary alicyclic amines) is 1. The van der Waals surface area contributed by atoms with Crippen LogP contribution >= 0.6 is 0 Å². The molecule has 1 saturated heterocycles. The maximum atomic E-state index is 13.6. The number of aliphatic imine (C=N–C) groups is 1. The molecule has 0 aromatic heterocycles. The van der Waals surface area contributed by atoms with Crippen molar-refractivity contribution >= 4 is 29.4 Å². The topological polar surface area (TPSA) is 82.0 Å². The van der Waals surface area contributed by atoms with Crippen molar-refractivity contribution in [3.8, 4) is 0 Å². The molecule has 6 heteroatoms. The third-order valence-electron chi connectivity index (χ3n) is 7.42. The third-order valence-corrected chi connectivity index (χ3v) is 7.42. The van der Waals surface area contributed by atoms with E-state index in [1.54, 1.807) is 0 Å². The van der Waals surface area contributed by atoms with E-state index in [9.17, 15) is 14.7 Å². The van der Waals surface area contributed by atoms with E-state index in [1.165, 1.54) is 5.56 Å². The van der Waals surface area contributed by atoms with Crippen LogP contribution in [-0.2, 0) is 16.1 Å². The van der Waals surface area contributed by atoms with Crippen molar-refractivity contribution in [1.82, 2.24) is 4.90 Å². The summed E-state index contributed by atoms with van der Waals surface area (Å²) in [7, 11) is 0. The molecule has 1 aliphatic heterocycles. The molecule has 5 rings (SSSR count). The number of nitrogens with one attached hydrogen (secondary N) is 1. The minimum Gasteiger partial charge on any atom is -0.480 e. The number of anilines is 1. The van der Waals surface area contributed by atoms with Crippen molar-refractivity contribution in [3.05, 3.63) is 144 Å². The molecule has 1 amide bonds. The van der Waals surface area contributed by atoms with E-state index in [1.807, 2.05) is 115 Å². The molecule has 4 aromatic carbocycles. The van der Waals surface area contributed by atoms with E-state index in [-0.39, 0.29) is 18.4 Å². The molecule has 1 fully saturated rings. The van der Waals surface area contributed by atoms with Crippen LogP contribution < -0.4 is 5.32 Å². The molecule has 0 spiro atoms. The molecule has 0 radical (unpaired) electrons. The number of carboxylic acid groups (broad SMARTS) is 1. The summed E-state index contributed by atoms with van der Waals surface area (Å²) < 4.78 is 0. The van der Waals surface area contributed by atoms with Gasteiger partial charge in [0.15, 0.2) is 6.04 Å². The van der Waals surface area contributed by atoms with E-state index in [2.05, 4.69) is 22.3 Å². The maximum absolute atomic E-state index is 13.6. The molecule has 2 N–H and O–H groups in total. The number of rotatable bonds is 11. The van der Waals surface area contributed by atoms with Gasteiger partial charge in [0.25, 0.3) is 0 Å². The van der Waals surface area contributed by atoms with Gasteiger partial charge in [-0.25, -0.2) is 4.79 Å². The first-order valence-electron chi connectivity index (χ1n) is 14.3. The Hall–Kier alpha value is -4.81. The molecule has 42 heavy (non-hydrogen) atoms. The van der Waals surface area contributed by atoms with Gasteiger partial charge in [0.05, 0.1) is 17.4 Å². The quantitative estimate of drug-likeness (QED) is 0.202. The summed E-state index contributed by atoms with van der Waals surface area (Å²) in [5.41, 5.74) is 4.78. The van der Waals surface area contributed by atoms with Gasteiger partial charge in [0.2, 0.25) is 5.91 Å². The SMILES string of the molecule is O=C(O)[C@H](C/C=C/c1ccccc1)N=C(c1ccccc1)c1ccccc1NC(=O)[C@@H]1CCCN1Cc1ccccc1. The van der Waals surface area contributed by atoms with Gasteiger partial charge >= 0.3 is 5.97 Å². The second-order valence-electron chi connectivity index (χ2n) is 10.4. The van der Waals surface area contributed by atoms with Gasteiger partial charge in [-0.2, -0.15) is 0 Å². The average Bonchev–Trinajstić information content (AvgIpc) is 3.49. The van der Waals surface area contributed by atoms with Crippen LogP contribution in [0.25, 0.3) is 6.08 Å². The summed E-state index contributed by atoms with van der Waals surface area (Å²) >= 11 is 0. The lowest BCUT2D eigenvalue weighted by Gasteiger charge is -2.24. The van der Waals surface area contributed by atoms with Crippen LogP contribution in [0.1, 0.15) is 41.5 Å². The predicted molar refractivity (Wildman–Crippen MR) is 169 cm³/mol. The van der Waals surface area contributed by atoms with Crippen molar-refractivity contribution in [2.24, 2.45) is 4.99 Å². The highest BCUT2D eigenvalue weighted by molar-refractivity contribution is 6.17. The van der Waals surface area contributed by atoms with Crippen LogP contribution in [0.5, 0.6) is 0 Å². The Morgan fingerprint density at radius 1 is 0.881 bits per heavy atom. The van der Waals surface area contributed by atoms with Gasteiger partial charge in [-0.3, -0.25) is 14.7 Å². The van der Waals surface area contributed by atoms with Crippen molar-refractivity contribution in [1.29, 1.82) is 0 Å². The number of aliphatic carboxylic acids is 1. The molecule has 4 aromatic rings. The highest BCUT2D eigenvalue weighted by Crippen LogP contribution is 2.25. The number of para-hydroxylation sites is 1. The number of carboxylic acids is 1. The molecule has 1 heterocycles. The highest BCUT2D eigenvalue weighted by atomic mass is 16.4. The summed E-state index contributed by atoms with van der Waals surface area (Å²) in [5, 5.41) is 13.3. The van der Waals surface area contributed by atoms with E-state index in [4.69, 9.17) is 4.99 Å². The molecule has 6 nitrogen and oxygen atoms in total. The minimum atomic E-state index is -1.01. The largest absolute Gasteiger partial charge is 0.480 e. The van der Waals surface area contributed by atoms with Crippen LogP contribution in [0, 0.1) is 0 Å². The number of amides is 1. The maximum Gasteiger partial charge on any atom is 0.328 e. The minimum absolute atomic E-state index is 0.0659. The van der Waals surface area contributed by atoms with E-state index < -0.39 is 12.0 Å². The number of benzene rings is 4. The zero-order chi connectivity index (χ0) is 29.1. The summed E-state index contributed by atoms with van der Waals surface area (Å²) in [5.74, 6) is -1.07. The fourth-order valence-corrected chi connectivity index (χ4v) is 5.30. The number of nitrogens with zero attached hydrogens (tertiary/aromatic N) is 2. The van der Waals surface area contributed by atoms with Crippen LogP contribution in [0.2, 0.25) is 0 Å². The van der Waals surface area contributed by atoms with Gasteiger partial charge in [0, 0.05) is 17.7 Å². The average molecular weight is 558 g/mol. The molecular formula is C36H35N3O3. The Morgan fingerprint density at radius 2 is 1.52 bits per heavy atom. The predicted octanol–water partition coefficient (Wildman–Crippen LogP) is 6.68. The second-order valence-corrected chi connectivity index (χ2v) is 10.4. The fourth-order valence-electron chi connectivity index (χ4n) is 5.30. The molecule has 2 atom stereocenters. The Bertz CT molecular complexity index is 1540. The van der Waals surface area contributed by atoms with Crippen LogP contribution in [0.15, 0.2) is 126 Å². The standard InChI is InChI=1S/C36H35N3O3/c40-35(33-24-13-25-39(33)26-28-16-6-2-7-17-28)38-31-22-11-10-21-30(31)34(29-19-8-3-9-20-29)37-32(36(41)42)23-12-18-27-14-4-1-5-15-27/h1-12,14-22,32-33H,13,23-26H2,(H,38,40)(H,41,42)/b18-12+,37-34?/t32-,33-/m0/s1.